The lowest BCUT2D eigenvalue weighted by Gasteiger charge is -2.07. The second-order valence-corrected chi connectivity index (χ2v) is 5.65. The van der Waals surface area contributed by atoms with Crippen LogP contribution in [0.3, 0.4) is 0 Å². The Morgan fingerprint density at radius 3 is 2.32 bits per heavy atom. The van der Waals surface area contributed by atoms with Crippen molar-refractivity contribution in [2.45, 2.75) is 19.8 Å². The van der Waals surface area contributed by atoms with Crippen LogP contribution in [-0.4, -0.2) is 29.6 Å². The first-order chi connectivity index (χ1) is 13.5. The van der Waals surface area contributed by atoms with E-state index in [1.807, 2.05) is 6.92 Å². The Morgan fingerprint density at radius 2 is 1.71 bits per heavy atom. The van der Waals surface area contributed by atoms with Crippen molar-refractivity contribution in [3.05, 3.63) is 64.2 Å². The van der Waals surface area contributed by atoms with Gasteiger partial charge in [0.15, 0.2) is 0 Å². The summed E-state index contributed by atoms with van der Waals surface area (Å²) in [6, 6.07) is 12.6. The lowest BCUT2D eigenvalue weighted by atomic mass is 10.2. The van der Waals surface area contributed by atoms with Gasteiger partial charge in [-0.2, -0.15) is 5.10 Å². The molecule has 0 aliphatic carbocycles. The van der Waals surface area contributed by atoms with E-state index in [2.05, 4.69) is 15.8 Å². The van der Waals surface area contributed by atoms with Crippen LogP contribution in [-0.2, 0) is 9.59 Å². The highest BCUT2D eigenvalue weighted by Crippen LogP contribution is 2.16. The van der Waals surface area contributed by atoms with Gasteiger partial charge < -0.3 is 10.1 Å². The maximum atomic E-state index is 11.9. The third kappa shape index (κ3) is 6.87. The summed E-state index contributed by atoms with van der Waals surface area (Å²) in [5, 5.41) is 17.0. The number of nitro groups is 1. The number of rotatable bonds is 9. The summed E-state index contributed by atoms with van der Waals surface area (Å²) in [4.78, 5) is 33.7. The number of nitro benzene ring substituents is 1. The lowest BCUT2D eigenvalue weighted by molar-refractivity contribution is -0.384. The van der Waals surface area contributed by atoms with Crippen molar-refractivity contribution in [3.63, 3.8) is 0 Å². The van der Waals surface area contributed by atoms with Crippen molar-refractivity contribution in [2.75, 3.05) is 11.9 Å². The molecule has 2 rings (SSSR count). The van der Waals surface area contributed by atoms with Crippen molar-refractivity contribution < 1.29 is 19.2 Å². The Kier molecular flexibility index (Phi) is 7.64. The normalized spacial score (nSPS) is 10.5. The van der Waals surface area contributed by atoms with E-state index < -0.39 is 10.8 Å². The van der Waals surface area contributed by atoms with E-state index in [0.717, 1.165) is 0 Å². The number of amides is 2. The zero-order valence-electron chi connectivity index (χ0n) is 15.3. The van der Waals surface area contributed by atoms with Crippen LogP contribution in [0.25, 0.3) is 0 Å². The van der Waals surface area contributed by atoms with Crippen molar-refractivity contribution in [1.29, 1.82) is 0 Å². The molecular weight excluding hydrogens is 364 g/mol. The number of nitrogens with one attached hydrogen (secondary N) is 2. The third-order valence-electron chi connectivity index (χ3n) is 3.53. The van der Waals surface area contributed by atoms with Gasteiger partial charge in [-0.25, -0.2) is 5.43 Å². The average molecular weight is 384 g/mol. The van der Waals surface area contributed by atoms with E-state index in [4.69, 9.17) is 4.74 Å². The van der Waals surface area contributed by atoms with Crippen LogP contribution < -0.4 is 15.5 Å². The number of ether oxygens (including phenoxy) is 1. The van der Waals surface area contributed by atoms with E-state index in [1.54, 1.807) is 24.3 Å². The van der Waals surface area contributed by atoms with Crippen LogP contribution in [0.5, 0.6) is 5.75 Å². The molecule has 146 valence electrons. The predicted octanol–water partition coefficient (Wildman–Crippen LogP) is 2.86. The summed E-state index contributed by atoms with van der Waals surface area (Å²) in [5.74, 6) is 0.00410. The minimum atomic E-state index is -0.499. The average Bonchev–Trinajstić information content (AvgIpc) is 2.68. The molecule has 0 radical (unpaired) electrons. The van der Waals surface area contributed by atoms with E-state index in [-0.39, 0.29) is 24.4 Å². The summed E-state index contributed by atoms with van der Waals surface area (Å²) in [6.07, 6.45) is 1.34. The van der Waals surface area contributed by atoms with Gasteiger partial charge >= 0.3 is 0 Å². The fraction of sp³-hybridized carbons (Fsp3) is 0.211. The molecule has 0 aliphatic heterocycles. The van der Waals surface area contributed by atoms with Gasteiger partial charge in [0.1, 0.15) is 5.75 Å². The smallest absolute Gasteiger partial charge is 0.269 e. The molecule has 0 aliphatic rings. The highest BCUT2D eigenvalue weighted by atomic mass is 16.6. The Balaban J connectivity index is 1.72. The van der Waals surface area contributed by atoms with Crippen molar-refractivity contribution in [1.82, 2.24) is 5.43 Å². The maximum absolute atomic E-state index is 11.9. The number of benzene rings is 2. The molecule has 0 fully saturated rings. The molecule has 0 atom stereocenters. The number of hydrogen-bond acceptors (Lipinski definition) is 6. The molecule has 28 heavy (non-hydrogen) atoms. The standard InChI is InChI=1S/C19H20N4O5/c1-2-28-17-9-5-15(6-10-17)21-18(24)11-12-19(25)22-20-13-14-3-7-16(8-4-14)23(26)27/h3-10,13H,2,11-12H2,1H3,(H,21,24)(H,22,25). The number of anilines is 1. The maximum Gasteiger partial charge on any atom is 0.269 e. The molecule has 0 bridgehead atoms. The van der Waals surface area contributed by atoms with Crippen LogP contribution in [0.2, 0.25) is 0 Å². The van der Waals surface area contributed by atoms with Gasteiger partial charge in [0, 0.05) is 30.7 Å². The molecule has 9 heteroatoms. The first-order valence-corrected chi connectivity index (χ1v) is 8.57. The van der Waals surface area contributed by atoms with Gasteiger partial charge in [-0.05, 0) is 48.9 Å². The van der Waals surface area contributed by atoms with E-state index in [0.29, 0.717) is 23.6 Å². The van der Waals surface area contributed by atoms with E-state index >= 15 is 0 Å². The molecular formula is C19H20N4O5. The lowest BCUT2D eigenvalue weighted by Crippen LogP contribution is -2.20. The molecule has 2 aromatic carbocycles. The molecule has 2 N–H and O–H groups in total. The van der Waals surface area contributed by atoms with Crippen LogP contribution in [0.4, 0.5) is 11.4 Å². The molecule has 9 nitrogen and oxygen atoms in total. The summed E-state index contributed by atoms with van der Waals surface area (Å²) >= 11 is 0. The topological polar surface area (TPSA) is 123 Å². The fourth-order valence-corrected chi connectivity index (χ4v) is 2.17. The highest BCUT2D eigenvalue weighted by molar-refractivity contribution is 5.93. The second kappa shape index (κ2) is 10.4. The predicted molar refractivity (Wildman–Crippen MR) is 104 cm³/mol. The zero-order valence-corrected chi connectivity index (χ0v) is 15.3. The third-order valence-corrected chi connectivity index (χ3v) is 3.53. The SMILES string of the molecule is CCOc1ccc(NC(=O)CCC(=O)NN=Cc2ccc([N+](=O)[O-])cc2)cc1. The summed E-state index contributed by atoms with van der Waals surface area (Å²) in [7, 11) is 0. The summed E-state index contributed by atoms with van der Waals surface area (Å²) in [5.41, 5.74) is 3.49. The van der Waals surface area contributed by atoms with Gasteiger partial charge in [0.05, 0.1) is 17.7 Å². The van der Waals surface area contributed by atoms with Gasteiger partial charge in [-0.15, -0.1) is 0 Å². The highest BCUT2D eigenvalue weighted by Gasteiger charge is 2.07. The van der Waals surface area contributed by atoms with Crippen LogP contribution in [0.15, 0.2) is 53.6 Å². The van der Waals surface area contributed by atoms with Gasteiger partial charge in [0.2, 0.25) is 11.8 Å². The number of nitrogens with zero attached hydrogens (tertiary/aromatic N) is 2. The molecule has 0 unspecified atom stereocenters. The summed E-state index contributed by atoms with van der Waals surface area (Å²) in [6.45, 7) is 2.45. The molecule has 2 aromatic rings. The Hall–Kier alpha value is -3.75. The number of hydrogen-bond donors (Lipinski definition) is 2. The Labute approximate surface area is 161 Å². The molecule has 0 aromatic heterocycles. The number of carbonyl (C=O) groups is 2. The number of non-ortho nitro benzene ring substituents is 1. The largest absolute Gasteiger partial charge is 0.494 e. The Morgan fingerprint density at radius 1 is 1.07 bits per heavy atom. The minimum absolute atomic E-state index is 0.00605. The first kappa shape index (κ1) is 20.6. The second-order valence-electron chi connectivity index (χ2n) is 5.65. The first-order valence-electron chi connectivity index (χ1n) is 8.57. The molecule has 0 spiro atoms. The quantitative estimate of drug-likeness (QED) is 0.391. The van der Waals surface area contributed by atoms with Crippen molar-refractivity contribution in [2.24, 2.45) is 5.10 Å². The summed E-state index contributed by atoms with van der Waals surface area (Å²) < 4.78 is 5.32. The van der Waals surface area contributed by atoms with Gasteiger partial charge in [0.25, 0.3) is 5.69 Å². The number of hydrazone groups is 1. The van der Waals surface area contributed by atoms with Gasteiger partial charge in [-0.1, -0.05) is 0 Å². The molecule has 0 heterocycles. The zero-order chi connectivity index (χ0) is 20.4. The molecule has 0 saturated heterocycles. The Bertz CT molecular complexity index is 848. The van der Waals surface area contributed by atoms with Crippen LogP contribution in [0.1, 0.15) is 25.3 Å². The molecule has 2 amide bonds. The van der Waals surface area contributed by atoms with Crippen LogP contribution in [0, 0.1) is 10.1 Å². The molecule has 0 saturated carbocycles. The van der Waals surface area contributed by atoms with Crippen molar-refractivity contribution >= 4 is 29.4 Å². The van der Waals surface area contributed by atoms with Crippen molar-refractivity contribution in [3.8, 4) is 5.75 Å². The number of carbonyl (C=O) groups excluding carboxylic acids is 2. The monoisotopic (exact) mass is 384 g/mol. The van der Waals surface area contributed by atoms with Crippen LogP contribution >= 0.6 is 0 Å². The van der Waals surface area contributed by atoms with Gasteiger partial charge in [-0.3, -0.25) is 19.7 Å². The minimum Gasteiger partial charge on any atom is -0.494 e. The van der Waals surface area contributed by atoms with E-state index in [9.17, 15) is 19.7 Å². The van der Waals surface area contributed by atoms with E-state index in [1.165, 1.54) is 30.5 Å². The fourth-order valence-electron chi connectivity index (χ4n) is 2.17.